The Balaban J connectivity index is 1.30. The van der Waals surface area contributed by atoms with Gasteiger partial charge in [-0.2, -0.15) is 4.52 Å². The van der Waals surface area contributed by atoms with Crippen LogP contribution in [0.5, 0.6) is 0 Å². The molecular formula is C23H29N5O2S. The van der Waals surface area contributed by atoms with Gasteiger partial charge < -0.3 is 10.2 Å². The van der Waals surface area contributed by atoms with E-state index in [9.17, 15) is 9.59 Å². The molecule has 1 N–H and O–H groups in total. The van der Waals surface area contributed by atoms with Crippen LogP contribution < -0.4 is 15.8 Å². The fraction of sp³-hybridized carbons (Fsp3) is 0.478. The molecular weight excluding hydrogens is 410 g/mol. The van der Waals surface area contributed by atoms with Crippen molar-refractivity contribution >= 4 is 27.3 Å². The third kappa shape index (κ3) is 5.12. The summed E-state index contributed by atoms with van der Waals surface area (Å²) in [4.78, 5) is 32.3. The molecule has 0 bridgehead atoms. The summed E-state index contributed by atoms with van der Waals surface area (Å²) in [5.41, 5.74) is 3.18. The average molecular weight is 440 g/mol. The zero-order valence-electron chi connectivity index (χ0n) is 18.1. The molecule has 7 nitrogen and oxygen atoms in total. The Hall–Kier alpha value is -2.74. The van der Waals surface area contributed by atoms with E-state index < -0.39 is 0 Å². The van der Waals surface area contributed by atoms with Crippen LogP contribution in [0.25, 0.3) is 4.96 Å². The maximum Gasteiger partial charge on any atom is 0.275 e. The van der Waals surface area contributed by atoms with E-state index in [-0.39, 0.29) is 17.4 Å². The van der Waals surface area contributed by atoms with Crippen LogP contribution in [0, 0.1) is 12.8 Å². The number of carbonyl (C=O) groups excluding carboxylic acids is 1. The number of hydrogen-bond acceptors (Lipinski definition) is 6. The molecule has 8 heteroatoms. The molecule has 31 heavy (non-hydrogen) atoms. The highest BCUT2D eigenvalue weighted by molar-refractivity contribution is 7.20. The van der Waals surface area contributed by atoms with Crippen molar-refractivity contribution in [2.24, 2.45) is 5.92 Å². The molecule has 1 fully saturated rings. The predicted octanol–water partition coefficient (Wildman–Crippen LogP) is 2.99. The van der Waals surface area contributed by atoms with Gasteiger partial charge in [0.15, 0.2) is 0 Å². The highest BCUT2D eigenvalue weighted by atomic mass is 32.1. The Bertz CT molecular complexity index is 1100. The van der Waals surface area contributed by atoms with E-state index in [1.165, 1.54) is 27.0 Å². The zero-order chi connectivity index (χ0) is 21.8. The molecule has 0 spiro atoms. The molecule has 1 saturated heterocycles. The summed E-state index contributed by atoms with van der Waals surface area (Å²) >= 11 is 1.45. The van der Waals surface area contributed by atoms with Crippen LogP contribution in [0.3, 0.4) is 0 Å². The van der Waals surface area contributed by atoms with Crippen molar-refractivity contribution in [1.29, 1.82) is 0 Å². The fourth-order valence-corrected chi connectivity index (χ4v) is 4.90. The van der Waals surface area contributed by atoms with Gasteiger partial charge in [-0.15, -0.1) is 5.10 Å². The number of anilines is 1. The van der Waals surface area contributed by atoms with Crippen LogP contribution >= 0.6 is 11.3 Å². The summed E-state index contributed by atoms with van der Waals surface area (Å²) in [6.45, 7) is 6.32. The summed E-state index contributed by atoms with van der Waals surface area (Å²) in [6.07, 6.45) is 4.17. The van der Waals surface area contributed by atoms with Crippen LogP contribution in [-0.2, 0) is 17.6 Å². The SMILES string of the molecule is CCCc1cc(=O)n2nc(N3CCC(C(=O)NCCc4ccc(C)cc4)CC3)sc2n1. The van der Waals surface area contributed by atoms with Gasteiger partial charge in [-0.25, -0.2) is 4.98 Å². The maximum absolute atomic E-state index is 12.6. The van der Waals surface area contributed by atoms with Gasteiger partial charge in [0.1, 0.15) is 0 Å². The van der Waals surface area contributed by atoms with Crippen LogP contribution in [0.2, 0.25) is 0 Å². The molecule has 3 aromatic rings. The minimum absolute atomic E-state index is 0.0284. The topological polar surface area (TPSA) is 79.6 Å². The summed E-state index contributed by atoms with van der Waals surface area (Å²) in [7, 11) is 0. The summed E-state index contributed by atoms with van der Waals surface area (Å²) in [6, 6.07) is 10.0. The minimum Gasteiger partial charge on any atom is -0.356 e. The van der Waals surface area contributed by atoms with Crippen molar-refractivity contribution in [1.82, 2.24) is 19.9 Å². The smallest absolute Gasteiger partial charge is 0.275 e. The van der Waals surface area contributed by atoms with E-state index in [0.717, 1.165) is 56.0 Å². The molecule has 2 aromatic heterocycles. The van der Waals surface area contributed by atoms with Gasteiger partial charge in [-0.1, -0.05) is 54.5 Å². The molecule has 4 rings (SSSR count). The highest BCUT2D eigenvalue weighted by Crippen LogP contribution is 2.27. The van der Waals surface area contributed by atoms with E-state index >= 15 is 0 Å². The molecule has 1 aliphatic heterocycles. The van der Waals surface area contributed by atoms with Crippen LogP contribution in [0.1, 0.15) is 43.0 Å². The lowest BCUT2D eigenvalue weighted by Gasteiger charge is -2.30. The van der Waals surface area contributed by atoms with Gasteiger partial charge in [0.2, 0.25) is 16.0 Å². The first-order valence-corrected chi connectivity index (χ1v) is 11.8. The van der Waals surface area contributed by atoms with Crippen molar-refractivity contribution in [3.8, 4) is 0 Å². The van der Waals surface area contributed by atoms with Crippen molar-refractivity contribution in [3.05, 3.63) is 57.5 Å². The molecule has 1 aromatic carbocycles. The van der Waals surface area contributed by atoms with Gasteiger partial charge in [-0.3, -0.25) is 9.59 Å². The van der Waals surface area contributed by atoms with Crippen molar-refractivity contribution in [3.63, 3.8) is 0 Å². The molecule has 3 heterocycles. The Morgan fingerprint density at radius 3 is 2.65 bits per heavy atom. The maximum atomic E-state index is 12.6. The zero-order valence-corrected chi connectivity index (χ0v) is 19.0. The Labute approximate surface area is 186 Å². The third-order valence-electron chi connectivity index (χ3n) is 5.76. The molecule has 0 radical (unpaired) electrons. The van der Waals surface area contributed by atoms with Gasteiger partial charge in [0.05, 0.1) is 0 Å². The lowest BCUT2D eigenvalue weighted by Crippen LogP contribution is -2.41. The minimum atomic E-state index is -0.126. The molecule has 0 atom stereocenters. The monoisotopic (exact) mass is 439 g/mol. The first-order valence-electron chi connectivity index (χ1n) is 11.0. The molecule has 1 aliphatic rings. The molecule has 0 unspecified atom stereocenters. The van der Waals surface area contributed by atoms with Crippen LogP contribution in [-0.4, -0.2) is 40.1 Å². The number of aromatic nitrogens is 3. The Morgan fingerprint density at radius 2 is 1.94 bits per heavy atom. The Kier molecular flexibility index (Phi) is 6.65. The van der Waals surface area contributed by atoms with Crippen molar-refractivity contribution in [2.75, 3.05) is 24.5 Å². The third-order valence-corrected chi connectivity index (χ3v) is 6.73. The van der Waals surface area contributed by atoms with Crippen molar-refractivity contribution < 1.29 is 4.79 Å². The highest BCUT2D eigenvalue weighted by Gasteiger charge is 2.26. The number of nitrogens with zero attached hydrogens (tertiary/aromatic N) is 4. The number of piperidine rings is 1. The van der Waals surface area contributed by atoms with E-state index in [0.29, 0.717) is 11.5 Å². The average Bonchev–Trinajstić information content (AvgIpc) is 3.20. The number of amides is 1. The summed E-state index contributed by atoms with van der Waals surface area (Å²) in [5, 5.41) is 8.38. The number of hydrogen-bond donors (Lipinski definition) is 1. The Morgan fingerprint density at radius 1 is 1.19 bits per heavy atom. The van der Waals surface area contributed by atoms with Crippen LogP contribution in [0.15, 0.2) is 35.1 Å². The lowest BCUT2D eigenvalue weighted by atomic mass is 9.96. The summed E-state index contributed by atoms with van der Waals surface area (Å²) < 4.78 is 1.39. The number of aryl methyl sites for hydroxylation is 2. The van der Waals surface area contributed by atoms with E-state index in [1.54, 1.807) is 6.07 Å². The van der Waals surface area contributed by atoms with Crippen LogP contribution in [0.4, 0.5) is 5.13 Å². The first-order chi connectivity index (χ1) is 15.0. The first kappa shape index (κ1) is 21.5. The number of nitrogens with one attached hydrogen (secondary N) is 1. The van der Waals surface area contributed by atoms with Gasteiger partial charge in [0.25, 0.3) is 5.56 Å². The molecule has 0 saturated carbocycles. The van der Waals surface area contributed by atoms with Gasteiger partial charge in [-0.05, 0) is 38.2 Å². The second kappa shape index (κ2) is 9.60. The number of benzene rings is 1. The van der Waals surface area contributed by atoms with E-state index in [1.807, 2.05) is 0 Å². The number of carbonyl (C=O) groups is 1. The van der Waals surface area contributed by atoms with Gasteiger partial charge in [0, 0.05) is 37.3 Å². The van der Waals surface area contributed by atoms with E-state index in [2.05, 4.69) is 58.4 Å². The number of fused-ring (bicyclic) bond motifs is 1. The molecule has 0 aliphatic carbocycles. The predicted molar refractivity (Wildman–Crippen MR) is 124 cm³/mol. The largest absolute Gasteiger partial charge is 0.356 e. The van der Waals surface area contributed by atoms with E-state index in [4.69, 9.17) is 0 Å². The second-order valence-electron chi connectivity index (χ2n) is 8.20. The summed E-state index contributed by atoms with van der Waals surface area (Å²) in [5.74, 6) is 0.166. The molecule has 164 valence electrons. The number of rotatable bonds is 7. The lowest BCUT2D eigenvalue weighted by molar-refractivity contribution is -0.125. The standard InChI is InChI=1S/C23H29N5O2S/c1-3-4-19-15-20(29)28-22(25-19)31-23(26-28)27-13-10-18(11-14-27)21(30)24-12-9-17-7-5-16(2)6-8-17/h5-8,15,18H,3-4,9-14H2,1-2H3,(H,24,30). The van der Waals surface area contributed by atoms with Crippen molar-refractivity contribution in [2.45, 2.75) is 46.0 Å². The second-order valence-corrected chi connectivity index (χ2v) is 9.14. The molecule has 1 amide bonds. The van der Waals surface area contributed by atoms with Gasteiger partial charge >= 0.3 is 0 Å². The fourth-order valence-electron chi connectivity index (χ4n) is 3.92. The quantitative estimate of drug-likeness (QED) is 0.612. The normalized spacial score (nSPS) is 14.8.